The van der Waals surface area contributed by atoms with Gasteiger partial charge in [-0.15, -0.1) is 0 Å². The van der Waals surface area contributed by atoms with Crippen molar-refractivity contribution in [3.63, 3.8) is 0 Å². The molecule has 6 nitrogen and oxygen atoms in total. The van der Waals surface area contributed by atoms with Crippen LogP contribution in [0.15, 0.2) is 48.5 Å². The van der Waals surface area contributed by atoms with Crippen LogP contribution in [-0.2, 0) is 0 Å². The molecule has 1 heterocycles. The van der Waals surface area contributed by atoms with Crippen molar-refractivity contribution < 1.29 is 4.79 Å². The van der Waals surface area contributed by atoms with E-state index in [0.29, 0.717) is 32.7 Å². The van der Waals surface area contributed by atoms with Crippen molar-refractivity contribution in [1.29, 1.82) is 5.26 Å². The Bertz CT molecular complexity index is 1060. The molecule has 0 radical (unpaired) electrons. The zero-order chi connectivity index (χ0) is 19.4. The van der Waals surface area contributed by atoms with Crippen LogP contribution in [0.5, 0.6) is 0 Å². The van der Waals surface area contributed by atoms with Crippen molar-refractivity contribution in [1.82, 2.24) is 9.97 Å². The lowest BCUT2D eigenvalue weighted by atomic mass is 10.2. The number of rotatable bonds is 4. The average Bonchev–Trinajstić information content (AvgIpc) is 2.64. The first-order valence-corrected chi connectivity index (χ1v) is 8.59. The van der Waals surface area contributed by atoms with Crippen LogP contribution in [0, 0.1) is 18.3 Å². The number of nitrogens with zero attached hydrogens (tertiary/aromatic N) is 3. The number of nitrogens with one attached hydrogen (secondary N) is 2. The Kier molecular flexibility index (Phi) is 5.55. The van der Waals surface area contributed by atoms with Gasteiger partial charge in [0.1, 0.15) is 5.69 Å². The predicted molar refractivity (Wildman–Crippen MR) is 106 cm³/mol. The lowest BCUT2D eigenvalue weighted by Crippen LogP contribution is -2.15. The molecule has 2 aromatic carbocycles. The second-order valence-corrected chi connectivity index (χ2v) is 6.46. The van der Waals surface area contributed by atoms with E-state index in [2.05, 4.69) is 20.6 Å². The van der Waals surface area contributed by atoms with Gasteiger partial charge in [-0.25, -0.2) is 9.97 Å². The minimum Gasteiger partial charge on any atom is -0.323 e. The third-order valence-electron chi connectivity index (χ3n) is 3.51. The molecular formula is C19H13Cl2N5O. The molecule has 0 atom stereocenters. The molecular weight excluding hydrogens is 385 g/mol. The van der Waals surface area contributed by atoms with E-state index in [1.165, 1.54) is 0 Å². The second-order valence-electron chi connectivity index (χ2n) is 5.61. The van der Waals surface area contributed by atoms with Gasteiger partial charge >= 0.3 is 0 Å². The number of amides is 1. The SMILES string of the molecule is Cc1cc(C(=O)Nc2cccc(C#N)c2)nc(Nc2cc(Cl)ccc2Cl)n1. The number of aryl methyl sites for hydroxylation is 1. The van der Waals surface area contributed by atoms with Crippen molar-refractivity contribution in [3.8, 4) is 6.07 Å². The summed E-state index contributed by atoms with van der Waals surface area (Å²) in [7, 11) is 0. The molecule has 0 saturated carbocycles. The highest BCUT2D eigenvalue weighted by atomic mass is 35.5. The van der Waals surface area contributed by atoms with Crippen molar-refractivity contribution in [2.75, 3.05) is 10.6 Å². The summed E-state index contributed by atoms with van der Waals surface area (Å²) in [5.41, 5.74) is 2.25. The molecule has 8 heteroatoms. The van der Waals surface area contributed by atoms with Crippen molar-refractivity contribution in [3.05, 3.63) is 75.5 Å². The highest BCUT2D eigenvalue weighted by Gasteiger charge is 2.12. The Balaban J connectivity index is 1.85. The van der Waals surface area contributed by atoms with Crippen LogP contribution in [0.3, 0.4) is 0 Å². The summed E-state index contributed by atoms with van der Waals surface area (Å²) in [5.74, 6) is -0.203. The quantitative estimate of drug-likeness (QED) is 0.648. The lowest BCUT2D eigenvalue weighted by molar-refractivity contribution is 0.102. The molecule has 0 aliphatic rings. The highest BCUT2D eigenvalue weighted by molar-refractivity contribution is 6.35. The van der Waals surface area contributed by atoms with Crippen LogP contribution >= 0.6 is 23.2 Å². The second kappa shape index (κ2) is 8.04. The van der Waals surface area contributed by atoms with Gasteiger partial charge in [0.15, 0.2) is 0 Å². The van der Waals surface area contributed by atoms with Gasteiger partial charge in [0.2, 0.25) is 5.95 Å². The van der Waals surface area contributed by atoms with Crippen molar-refractivity contribution in [2.24, 2.45) is 0 Å². The number of halogens is 2. The maximum atomic E-state index is 12.5. The Morgan fingerprint density at radius 3 is 2.70 bits per heavy atom. The minimum atomic E-state index is -0.421. The van der Waals surface area contributed by atoms with Crippen LogP contribution in [0.2, 0.25) is 10.0 Å². The molecule has 1 aromatic heterocycles. The number of hydrogen-bond acceptors (Lipinski definition) is 5. The fourth-order valence-electron chi connectivity index (χ4n) is 2.32. The molecule has 27 heavy (non-hydrogen) atoms. The summed E-state index contributed by atoms with van der Waals surface area (Å²) in [6, 6.07) is 15.2. The number of aromatic nitrogens is 2. The normalized spacial score (nSPS) is 10.1. The van der Waals surface area contributed by atoms with E-state index in [-0.39, 0.29) is 11.6 Å². The third-order valence-corrected chi connectivity index (χ3v) is 4.08. The summed E-state index contributed by atoms with van der Waals surface area (Å²) in [4.78, 5) is 21.0. The number of nitriles is 1. The van der Waals surface area contributed by atoms with Gasteiger partial charge in [-0.3, -0.25) is 4.79 Å². The zero-order valence-corrected chi connectivity index (χ0v) is 15.6. The molecule has 0 spiro atoms. The largest absolute Gasteiger partial charge is 0.323 e. The fraction of sp³-hybridized carbons (Fsp3) is 0.0526. The zero-order valence-electron chi connectivity index (χ0n) is 14.1. The molecule has 0 saturated heterocycles. The standard InChI is InChI=1S/C19H13Cl2N5O/c1-11-7-17(18(27)24-14-4-2-3-12(8-14)10-22)26-19(23-11)25-16-9-13(20)5-6-15(16)21/h2-9H,1H3,(H,24,27)(H,23,25,26). The number of benzene rings is 2. The first-order chi connectivity index (χ1) is 12.9. The van der Waals surface area contributed by atoms with E-state index >= 15 is 0 Å². The molecule has 0 aliphatic carbocycles. The van der Waals surface area contributed by atoms with Gasteiger partial charge < -0.3 is 10.6 Å². The topological polar surface area (TPSA) is 90.7 Å². The van der Waals surface area contributed by atoms with Crippen LogP contribution in [0.4, 0.5) is 17.3 Å². The molecule has 0 fully saturated rings. The summed E-state index contributed by atoms with van der Waals surface area (Å²) >= 11 is 12.1. The van der Waals surface area contributed by atoms with Gasteiger partial charge in [0.25, 0.3) is 5.91 Å². The van der Waals surface area contributed by atoms with Crippen LogP contribution in [0.1, 0.15) is 21.7 Å². The van der Waals surface area contributed by atoms with E-state index < -0.39 is 5.91 Å². The number of hydrogen-bond donors (Lipinski definition) is 2. The monoisotopic (exact) mass is 397 g/mol. The Morgan fingerprint density at radius 1 is 1.11 bits per heavy atom. The van der Waals surface area contributed by atoms with Gasteiger partial charge in [-0.1, -0.05) is 29.3 Å². The smallest absolute Gasteiger partial charge is 0.274 e. The summed E-state index contributed by atoms with van der Waals surface area (Å²) < 4.78 is 0. The lowest BCUT2D eigenvalue weighted by Gasteiger charge is -2.10. The molecule has 3 aromatic rings. The van der Waals surface area contributed by atoms with Crippen molar-refractivity contribution >= 4 is 46.4 Å². The third kappa shape index (κ3) is 4.73. The molecule has 0 aliphatic heterocycles. The first kappa shape index (κ1) is 18.6. The maximum absolute atomic E-state index is 12.5. The Morgan fingerprint density at radius 2 is 1.93 bits per heavy atom. The predicted octanol–water partition coefficient (Wildman–Crippen LogP) is 4.96. The number of carbonyl (C=O) groups excluding carboxylic acids is 1. The van der Waals surface area contributed by atoms with E-state index in [1.54, 1.807) is 55.5 Å². The van der Waals surface area contributed by atoms with E-state index in [0.717, 1.165) is 0 Å². The average molecular weight is 398 g/mol. The summed E-state index contributed by atoms with van der Waals surface area (Å²) in [6.45, 7) is 1.75. The molecule has 134 valence electrons. The van der Waals surface area contributed by atoms with Gasteiger partial charge in [-0.05, 0) is 49.4 Å². The maximum Gasteiger partial charge on any atom is 0.274 e. The first-order valence-electron chi connectivity index (χ1n) is 7.84. The van der Waals surface area contributed by atoms with Crippen LogP contribution in [0.25, 0.3) is 0 Å². The minimum absolute atomic E-state index is 0.172. The molecule has 3 rings (SSSR count). The molecule has 0 unspecified atom stereocenters. The fourth-order valence-corrected chi connectivity index (χ4v) is 2.65. The van der Waals surface area contributed by atoms with Gasteiger partial charge in [0.05, 0.1) is 22.3 Å². The van der Waals surface area contributed by atoms with Crippen LogP contribution in [-0.4, -0.2) is 15.9 Å². The van der Waals surface area contributed by atoms with Crippen LogP contribution < -0.4 is 10.6 Å². The van der Waals surface area contributed by atoms with E-state index in [4.69, 9.17) is 28.5 Å². The summed E-state index contributed by atoms with van der Waals surface area (Å²) in [5, 5.41) is 15.6. The Hall–Kier alpha value is -3.14. The van der Waals surface area contributed by atoms with E-state index in [1.807, 2.05) is 6.07 Å². The highest BCUT2D eigenvalue weighted by Crippen LogP contribution is 2.27. The number of carbonyl (C=O) groups is 1. The molecule has 0 bridgehead atoms. The van der Waals surface area contributed by atoms with Gasteiger partial charge in [-0.2, -0.15) is 5.26 Å². The van der Waals surface area contributed by atoms with E-state index in [9.17, 15) is 4.79 Å². The van der Waals surface area contributed by atoms with Crippen molar-refractivity contribution in [2.45, 2.75) is 6.92 Å². The molecule has 1 amide bonds. The van der Waals surface area contributed by atoms with Gasteiger partial charge in [0, 0.05) is 16.4 Å². The Labute approximate surface area is 165 Å². The number of anilines is 3. The molecule has 2 N–H and O–H groups in total. The summed E-state index contributed by atoms with van der Waals surface area (Å²) in [6.07, 6.45) is 0.